The molecule has 0 aliphatic carbocycles. The van der Waals surface area contributed by atoms with Gasteiger partial charge >= 0.3 is 0 Å². The van der Waals surface area contributed by atoms with Crippen LogP contribution in [-0.4, -0.2) is 17.9 Å². The number of nitro groups is 1. The lowest BCUT2D eigenvalue weighted by Crippen LogP contribution is -2.14. The summed E-state index contributed by atoms with van der Waals surface area (Å²) in [7, 11) is 1.47. The Kier molecular flexibility index (Phi) is 8.23. The van der Waals surface area contributed by atoms with Gasteiger partial charge in [-0.05, 0) is 76.3 Å². The zero-order valence-corrected chi connectivity index (χ0v) is 20.9. The Bertz CT molecular complexity index is 1360. The third kappa shape index (κ3) is 6.46. The van der Waals surface area contributed by atoms with Gasteiger partial charge in [-0.3, -0.25) is 14.9 Å². The molecule has 0 radical (unpaired) electrons. The number of aryl methyl sites for hydroxylation is 2. The monoisotopic (exact) mass is 535 g/mol. The van der Waals surface area contributed by atoms with Gasteiger partial charge in [0.1, 0.15) is 18.2 Å². The summed E-state index contributed by atoms with van der Waals surface area (Å²) in [5, 5.41) is 23.4. The van der Waals surface area contributed by atoms with Crippen LogP contribution in [-0.2, 0) is 11.4 Å². The van der Waals surface area contributed by atoms with Crippen LogP contribution in [0.5, 0.6) is 11.5 Å². The molecule has 3 aromatic rings. The number of methoxy groups -OCH3 is 1. The molecule has 3 rings (SSSR count). The number of rotatable bonds is 8. The smallest absolute Gasteiger partial charge is 0.269 e. The lowest BCUT2D eigenvalue weighted by Gasteiger charge is -2.14. The van der Waals surface area contributed by atoms with E-state index in [0.717, 1.165) is 11.1 Å². The molecule has 0 unspecified atom stereocenters. The van der Waals surface area contributed by atoms with Crippen molar-refractivity contribution in [2.75, 3.05) is 12.4 Å². The average Bonchev–Trinajstić information content (AvgIpc) is 2.83. The van der Waals surface area contributed by atoms with Crippen molar-refractivity contribution >= 4 is 39.3 Å². The third-order valence-electron chi connectivity index (χ3n) is 5.07. The number of nitrogens with one attached hydrogen (secondary N) is 1. The summed E-state index contributed by atoms with van der Waals surface area (Å²) in [6, 6.07) is 17.1. The summed E-state index contributed by atoms with van der Waals surface area (Å²) in [6.07, 6.45) is 1.46. The molecule has 0 aliphatic heterocycles. The van der Waals surface area contributed by atoms with E-state index in [-0.39, 0.29) is 17.9 Å². The van der Waals surface area contributed by atoms with Crippen LogP contribution < -0.4 is 14.8 Å². The summed E-state index contributed by atoms with van der Waals surface area (Å²) in [4.78, 5) is 23.3. The number of non-ortho nitro benzene ring substituents is 1. The summed E-state index contributed by atoms with van der Waals surface area (Å²) in [5.74, 6) is 0.222. The second-order valence-corrected chi connectivity index (χ2v) is 8.55. The molecule has 0 saturated carbocycles. The Labute approximate surface area is 211 Å². The van der Waals surface area contributed by atoms with E-state index in [4.69, 9.17) is 9.47 Å². The molecule has 3 aromatic carbocycles. The second kappa shape index (κ2) is 11.3. The molecule has 1 N–H and O–H groups in total. The highest BCUT2D eigenvalue weighted by atomic mass is 79.9. The Morgan fingerprint density at radius 2 is 1.97 bits per heavy atom. The summed E-state index contributed by atoms with van der Waals surface area (Å²) < 4.78 is 11.8. The first-order chi connectivity index (χ1) is 16.7. The second-order valence-electron chi connectivity index (χ2n) is 7.69. The molecule has 1 amide bonds. The maximum Gasteiger partial charge on any atom is 0.269 e. The van der Waals surface area contributed by atoms with Gasteiger partial charge in [0.25, 0.3) is 11.6 Å². The molecule has 0 heterocycles. The number of hydrogen-bond donors (Lipinski definition) is 1. The molecule has 0 bridgehead atoms. The minimum absolute atomic E-state index is 0.0271. The van der Waals surface area contributed by atoms with Crippen LogP contribution in [0.1, 0.15) is 22.3 Å². The molecule has 178 valence electrons. The van der Waals surface area contributed by atoms with Crippen LogP contribution in [0.15, 0.2) is 64.6 Å². The van der Waals surface area contributed by atoms with Gasteiger partial charge in [0.15, 0.2) is 11.5 Å². The number of benzene rings is 3. The highest BCUT2D eigenvalue weighted by Gasteiger charge is 2.15. The van der Waals surface area contributed by atoms with E-state index in [1.165, 1.54) is 25.3 Å². The SMILES string of the molecule is COc1cc(/C=C(\C#N)C(=O)Nc2cc(C)ccc2C)cc(Br)c1OCc1cccc([N+](=O)[O-])c1. The van der Waals surface area contributed by atoms with Crippen molar-refractivity contribution in [2.45, 2.75) is 20.5 Å². The van der Waals surface area contributed by atoms with Crippen LogP contribution >= 0.6 is 15.9 Å². The Hall–Kier alpha value is -4.16. The zero-order valence-electron chi connectivity index (χ0n) is 19.3. The molecule has 8 nitrogen and oxygen atoms in total. The van der Waals surface area contributed by atoms with Crippen LogP contribution in [0, 0.1) is 35.3 Å². The molecular weight excluding hydrogens is 514 g/mol. The van der Waals surface area contributed by atoms with Crippen molar-refractivity contribution in [3.8, 4) is 17.6 Å². The number of hydrogen-bond acceptors (Lipinski definition) is 6. The summed E-state index contributed by atoms with van der Waals surface area (Å²) in [5.41, 5.74) is 3.57. The van der Waals surface area contributed by atoms with E-state index < -0.39 is 10.8 Å². The van der Waals surface area contributed by atoms with Crippen LogP contribution in [0.4, 0.5) is 11.4 Å². The van der Waals surface area contributed by atoms with Crippen molar-refractivity contribution in [3.05, 3.63) is 97.0 Å². The van der Waals surface area contributed by atoms with E-state index in [1.54, 1.807) is 24.3 Å². The molecule has 35 heavy (non-hydrogen) atoms. The molecule has 0 fully saturated rings. The largest absolute Gasteiger partial charge is 0.493 e. The first-order valence-electron chi connectivity index (χ1n) is 10.5. The Morgan fingerprint density at radius 3 is 2.66 bits per heavy atom. The number of amides is 1. The van der Waals surface area contributed by atoms with Gasteiger partial charge in [0, 0.05) is 17.8 Å². The van der Waals surface area contributed by atoms with Gasteiger partial charge in [-0.1, -0.05) is 24.3 Å². The maximum atomic E-state index is 12.7. The van der Waals surface area contributed by atoms with Crippen LogP contribution in [0.3, 0.4) is 0 Å². The van der Waals surface area contributed by atoms with E-state index in [0.29, 0.717) is 32.8 Å². The van der Waals surface area contributed by atoms with Crippen molar-refractivity contribution in [3.63, 3.8) is 0 Å². The van der Waals surface area contributed by atoms with E-state index in [2.05, 4.69) is 21.2 Å². The van der Waals surface area contributed by atoms with Crippen molar-refractivity contribution < 1.29 is 19.2 Å². The van der Waals surface area contributed by atoms with E-state index in [1.807, 2.05) is 38.1 Å². The third-order valence-corrected chi connectivity index (χ3v) is 5.66. The summed E-state index contributed by atoms with van der Waals surface area (Å²) >= 11 is 3.44. The zero-order chi connectivity index (χ0) is 25.5. The van der Waals surface area contributed by atoms with Gasteiger partial charge in [0.05, 0.1) is 16.5 Å². The first kappa shape index (κ1) is 25.5. The molecule has 0 saturated heterocycles. The molecule has 0 spiro atoms. The molecule has 9 heteroatoms. The van der Waals surface area contributed by atoms with Gasteiger partial charge in [-0.25, -0.2) is 0 Å². The standard InChI is InChI=1S/C26H22BrN3O5/c1-16-7-8-17(2)23(9-16)29-26(31)20(14-28)10-19-12-22(27)25(24(13-19)34-3)35-15-18-5-4-6-21(11-18)30(32)33/h4-13H,15H2,1-3H3,(H,29,31)/b20-10+. The quantitative estimate of drug-likeness (QED) is 0.161. The van der Waals surface area contributed by atoms with Gasteiger partial charge in [0.2, 0.25) is 0 Å². The van der Waals surface area contributed by atoms with Crippen molar-refractivity contribution in [1.29, 1.82) is 5.26 Å². The number of halogens is 1. The lowest BCUT2D eigenvalue weighted by molar-refractivity contribution is -0.384. The van der Waals surface area contributed by atoms with Crippen molar-refractivity contribution in [2.24, 2.45) is 0 Å². The number of ether oxygens (including phenoxy) is 2. The molecule has 0 aromatic heterocycles. The van der Waals surface area contributed by atoms with E-state index in [9.17, 15) is 20.2 Å². The lowest BCUT2D eigenvalue weighted by atomic mass is 10.1. The number of nitrogens with zero attached hydrogens (tertiary/aromatic N) is 2. The number of nitriles is 1. The highest BCUT2D eigenvalue weighted by molar-refractivity contribution is 9.10. The molecule has 0 atom stereocenters. The normalized spacial score (nSPS) is 10.9. The fourth-order valence-electron chi connectivity index (χ4n) is 3.25. The highest BCUT2D eigenvalue weighted by Crippen LogP contribution is 2.38. The van der Waals surface area contributed by atoms with E-state index >= 15 is 0 Å². The summed E-state index contributed by atoms with van der Waals surface area (Å²) in [6.45, 7) is 3.87. The number of nitro benzene ring substituents is 1. The van der Waals surface area contributed by atoms with Gasteiger partial charge in [-0.15, -0.1) is 0 Å². The predicted molar refractivity (Wildman–Crippen MR) is 136 cm³/mol. The first-order valence-corrected chi connectivity index (χ1v) is 11.2. The van der Waals surface area contributed by atoms with Crippen molar-refractivity contribution in [1.82, 2.24) is 0 Å². The number of carbonyl (C=O) groups excluding carboxylic acids is 1. The molecular formula is C26H22BrN3O5. The minimum Gasteiger partial charge on any atom is -0.493 e. The van der Waals surface area contributed by atoms with Gasteiger partial charge < -0.3 is 14.8 Å². The topological polar surface area (TPSA) is 114 Å². The average molecular weight is 536 g/mol. The molecule has 0 aliphatic rings. The van der Waals surface area contributed by atoms with Crippen LogP contribution in [0.25, 0.3) is 6.08 Å². The minimum atomic E-state index is -0.526. The Balaban J connectivity index is 1.83. The fraction of sp³-hybridized carbons (Fsp3) is 0.154. The number of carbonyl (C=O) groups is 1. The maximum absolute atomic E-state index is 12.7. The fourth-order valence-corrected chi connectivity index (χ4v) is 3.83. The van der Waals surface area contributed by atoms with Crippen LogP contribution in [0.2, 0.25) is 0 Å². The number of anilines is 1. The van der Waals surface area contributed by atoms with Gasteiger partial charge in [-0.2, -0.15) is 5.26 Å². The predicted octanol–water partition coefficient (Wildman–Crippen LogP) is 6.11. The Morgan fingerprint density at radius 1 is 1.20 bits per heavy atom.